The maximum atomic E-state index is 14.1. The van der Waals surface area contributed by atoms with Crippen molar-refractivity contribution in [3.8, 4) is 6.07 Å². The molecule has 0 amide bonds. The predicted molar refractivity (Wildman–Crippen MR) is 172 cm³/mol. The van der Waals surface area contributed by atoms with Crippen LogP contribution in [0, 0.1) is 23.0 Å². The molecule has 0 N–H and O–H groups in total. The lowest BCUT2D eigenvalue weighted by Crippen LogP contribution is -2.41. The van der Waals surface area contributed by atoms with Gasteiger partial charge in [-0.3, -0.25) is 18.7 Å². The monoisotopic (exact) mass is 655 g/mol. The van der Waals surface area contributed by atoms with Gasteiger partial charge < -0.3 is 0 Å². The van der Waals surface area contributed by atoms with Crippen LogP contribution in [0.1, 0.15) is 100 Å². The summed E-state index contributed by atoms with van der Waals surface area (Å²) in [4.78, 5) is 34.9. The molecule has 2 aromatic heterocycles. The number of fused-ring (bicyclic) bond motifs is 2. The van der Waals surface area contributed by atoms with Crippen LogP contribution in [0.4, 0.5) is 8.78 Å². The van der Waals surface area contributed by atoms with Gasteiger partial charge >= 0.3 is 0 Å². The highest BCUT2D eigenvalue weighted by Gasteiger charge is 2.31. The van der Waals surface area contributed by atoms with Crippen LogP contribution in [0.5, 0.6) is 0 Å². The van der Waals surface area contributed by atoms with E-state index in [1.165, 1.54) is 6.07 Å². The van der Waals surface area contributed by atoms with E-state index in [0.717, 1.165) is 12.1 Å². The number of rotatable bonds is 0. The molecule has 10 heteroatoms. The summed E-state index contributed by atoms with van der Waals surface area (Å²) in [5.41, 5.74) is -1.76. The molecule has 0 aliphatic rings. The number of aromatic nitrogens is 4. The highest BCUT2D eigenvalue weighted by atomic mass is 79.9. The quantitative estimate of drug-likeness (QED) is 0.193. The van der Waals surface area contributed by atoms with Crippen LogP contribution in [0.15, 0.2) is 38.3 Å². The van der Waals surface area contributed by atoms with E-state index in [2.05, 4.69) is 25.9 Å². The molecule has 0 radical (unpaired) electrons. The van der Waals surface area contributed by atoms with Crippen LogP contribution in [0.2, 0.25) is 0 Å². The van der Waals surface area contributed by atoms with E-state index in [1.54, 1.807) is 15.2 Å². The third kappa shape index (κ3) is 6.72. The Balaban J connectivity index is 0.000000236. The first-order valence-corrected chi connectivity index (χ1v) is 14.8. The summed E-state index contributed by atoms with van der Waals surface area (Å²) in [6.45, 7) is 23.3. The third-order valence-corrected chi connectivity index (χ3v) is 7.33. The average molecular weight is 657 g/mol. The number of halogens is 3. The van der Waals surface area contributed by atoms with Gasteiger partial charge in [0.1, 0.15) is 34.9 Å². The Kier molecular flexibility index (Phi) is 8.90. The highest BCUT2D eigenvalue weighted by molar-refractivity contribution is 9.10. The smallest absolute Gasteiger partial charge is 0.263 e. The summed E-state index contributed by atoms with van der Waals surface area (Å²) in [5, 5.41) is 9.64. The molecule has 0 spiro atoms. The Morgan fingerprint density at radius 2 is 1.21 bits per heavy atom. The first-order valence-electron chi connectivity index (χ1n) is 14.0. The molecule has 0 saturated heterocycles. The van der Waals surface area contributed by atoms with Gasteiger partial charge in [-0.25, -0.2) is 18.7 Å². The van der Waals surface area contributed by atoms with Crippen molar-refractivity contribution in [2.75, 3.05) is 0 Å². The van der Waals surface area contributed by atoms with E-state index in [9.17, 15) is 23.6 Å². The van der Waals surface area contributed by atoms with Gasteiger partial charge in [-0.05, 0) is 81.7 Å². The second-order valence-electron chi connectivity index (χ2n) is 14.7. The maximum Gasteiger partial charge on any atom is 0.263 e. The summed E-state index contributed by atoms with van der Waals surface area (Å²) in [6, 6.07) is 7.06. The molecule has 0 aliphatic carbocycles. The van der Waals surface area contributed by atoms with Crippen molar-refractivity contribution in [2.45, 2.75) is 105 Å². The van der Waals surface area contributed by atoms with Crippen molar-refractivity contribution in [1.82, 2.24) is 19.1 Å². The van der Waals surface area contributed by atoms with Crippen molar-refractivity contribution in [1.29, 1.82) is 5.26 Å². The molecule has 4 rings (SSSR count). The van der Waals surface area contributed by atoms with E-state index < -0.39 is 22.7 Å². The molecular formula is C33H40BrF2N5O2. The van der Waals surface area contributed by atoms with Crippen molar-refractivity contribution < 1.29 is 8.78 Å². The first kappa shape index (κ1) is 34.0. The average Bonchev–Trinajstić information content (AvgIpc) is 2.83. The number of nitriles is 1. The molecule has 43 heavy (non-hydrogen) atoms. The fourth-order valence-corrected chi connectivity index (χ4v) is 5.30. The van der Waals surface area contributed by atoms with Crippen molar-refractivity contribution >= 4 is 37.7 Å². The van der Waals surface area contributed by atoms with Crippen LogP contribution in [-0.4, -0.2) is 19.1 Å². The van der Waals surface area contributed by atoms with Crippen LogP contribution in [0.3, 0.4) is 0 Å². The van der Waals surface area contributed by atoms with E-state index in [0.29, 0.717) is 16.1 Å². The Morgan fingerprint density at radius 3 is 1.65 bits per heavy atom. The van der Waals surface area contributed by atoms with Crippen molar-refractivity contribution in [2.24, 2.45) is 0 Å². The summed E-state index contributed by atoms with van der Waals surface area (Å²) < 4.78 is 31.6. The van der Waals surface area contributed by atoms with E-state index in [4.69, 9.17) is 0 Å². The van der Waals surface area contributed by atoms with Gasteiger partial charge in [-0.15, -0.1) is 0 Å². The minimum absolute atomic E-state index is 0.0821. The molecule has 0 fully saturated rings. The summed E-state index contributed by atoms with van der Waals surface area (Å²) in [5.74, 6) is 0.0916. The lowest BCUT2D eigenvalue weighted by molar-refractivity contribution is 0.337. The topological polar surface area (TPSA) is 93.6 Å². The second kappa shape index (κ2) is 11.2. The fourth-order valence-electron chi connectivity index (χ4n) is 4.81. The van der Waals surface area contributed by atoms with E-state index in [1.807, 2.05) is 89.2 Å². The van der Waals surface area contributed by atoms with E-state index >= 15 is 0 Å². The van der Waals surface area contributed by atoms with Gasteiger partial charge in [-0.1, -0.05) is 41.5 Å². The molecule has 0 bridgehead atoms. The zero-order valence-electron chi connectivity index (χ0n) is 27.0. The lowest BCUT2D eigenvalue weighted by atomic mass is 9.92. The summed E-state index contributed by atoms with van der Waals surface area (Å²) >= 11 is 3.34. The molecule has 0 atom stereocenters. The molecule has 230 valence electrons. The van der Waals surface area contributed by atoms with Crippen LogP contribution in [0.25, 0.3) is 21.8 Å². The predicted octanol–water partition coefficient (Wildman–Crippen LogP) is 7.81. The van der Waals surface area contributed by atoms with Crippen LogP contribution >= 0.6 is 15.9 Å². The third-order valence-electron chi connectivity index (χ3n) is 6.67. The minimum Gasteiger partial charge on any atom is -0.290 e. The molecule has 0 saturated carbocycles. The second-order valence-corrected chi connectivity index (χ2v) is 15.6. The Morgan fingerprint density at radius 1 is 0.744 bits per heavy atom. The Bertz CT molecular complexity index is 1890. The van der Waals surface area contributed by atoms with Gasteiger partial charge in [0, 0.05) is 26.4 Å². The largest absolute Gasteiger partial charge is 0.290 e. The zero-order valence-corrected chi connectivity index (χ0v) is 28.6. The molecule has 4 aromatic rings. The van der Waals surface area contributed by atoms with Crippen LogP contribution in [-0.2, 0) is 21.9 Å². The first-order chi connectivity index (χ1) is 19.4. The Labute approximate surface area is 259 Å². The van der Waals surface area contributed by atoms with Crippen LogP contribution < -0.4 is 11.1 Å². The van der Waals surface area contributed by atoms with Crippen molar-refractivity contribution in [3.63, 3.8) is 0 Å². The zero-order chi connectivity index (χ0) is 33.0. The lowest BCUT2D eigenvalue weighted by Gasteiger charge is -2.31. The molecule has 2 aromatic carbocycles. The van der Waals surface area contributed by atoms with Crippen molar-refractivity contribution in [3.05, 3.63) is 78.3 Å². The summed E-state index contributed by atoms with van der Waals surface area (Å²) in [6.07, 6.45) is 0. The summed E-state index contributed by atoms with van der Waals surface area (Å²) in [7, 11) is 0. The standard InChI is InChI=1S/C17H20FN3O.C16H20BrFN2O/c1-16(2,3)15-20-13-10(9-19)7-11(18)8-12(13)14(22)21(15)17(4,5)6;1-15(2,3)14-19-12-10(18)8-7-9(17)11(12)13(21)20(14)16(4,5)6/h7-8H,1-6H3;7-8H,1-6H3. The Hall–Kier alpha value is -3.45. The molecular weight excluding hydrogens is 616 g/mol. The van der Waals surface area contributed by atoms with Gasteiger partial charge in [0.25, 0.3) is 11.1 Å². The minimum atomic E-state index is -0.605. The number of hydrogen-bond acceptors (Lipinski definition) is 5. The highest BCUT2D eigenvalue weighted by Crippen LogP contribution is 2.30. The normalized spacial score (nSPS) is 12.7. The number of nitrogens with zero attached hydrogens (tertiary/aromatic N) is 5. The number of hydrogen-bond donors (Lipinski definition) is 0. The van der Waals surface area contributed by atoms with Gasteiger partial charge in [0.15, 0.2) is 0 Å². The van der Waals surface area contributed by atoms with Gasteiger partial charge in [0.05, 0.1) is 21.9 Å². The maximum absolute atomic E-state index is 14.1. The molecule has 0 unspecified atom stereocenters. The molecule has 7 nitrogen and oxygen atoms in total. The number of benzene rings is 2. The van der Waals surface area contributed by atoms with Gasteiger partial charge in [0.2, 0.25) is 0 Å². The van der Waals surface area contributed by atoms with Gasteiger partial charge in [-0.2, -0.15) is 5.26 Å². The molecule has 0 aliphatic heterocycles. The SMILES string of the molecule is CC(C)(C)c1nc2c(C#N)cc(F)cc2c(=O)n1C(C)(C)C.CC(C)(C)c1nc2c(F)ccc(Br)c2c(=O)n1C(C)(C)C. The molecule has 2 heterocycles. The fraction of sp³-hybridized carbons (Fsp3) is 0.485. The van der Waals surface area contributed by atoms with E-state index in [-0.39, 0.29) is 49.3 Å².